The van der Waals surface area contributed by atoms with Crippen molar-refractivity contribution in [1.82, 2.24) is 0 Å². The maximum absolute atomic E-state index is 10.8. The second kappa shape index (κ2) is 2.60. The lowest BCUT2D eigenvalue weighted by Crippen LogP contribution is -2.07. The van der Waals surface area contributed by atoms with Gasteiger partial charge in [0.2, 0.25) is 0 Å². The Morgan fingerprint density at radius 3 is 2.88 bits per heavy atom. The summed E-state index contributed by atoms with van der Waals surface area (Å²) in [4.78, 5) is 0. The van der Waals surface area contributed by atoms with Crippen LogP contribution in [-0.4, -0.2) is 22.0 Å². The van der Waals surface area contributed by atoms with Gasteiger partial charge in [0.15, 0.2) is 0 Å². The topological polar surface area (TPSA) is 26.3 Å². The van der Waals surface area contributed by atoms with Gasteiger partial charge in [-0.15, -0.1) is 0 Å². The van der Waals surface area contributed by atoms with Gasteiger partial charge in [-0.1, -0.05) is 6.92 Å². The van der Waals surface area contributed by atoms with Crippen LogP contribution in [0.1, 0.15) is 13.3 Å². The normalized spacial score (nSPS) is 38.1. The minimum atomic E-state index is -0.683. The predicted octanol–water partition coefficient (Wildman–Crippen LogP) is 0.501. The second-order valence-electron chi connectivity index (χ2n) is 1.79. The minimum Gasteiger partial charge on any atom is -0.364 e. The van der Waals surface area contributed by atoms with Crippen LogP contribution in [0.25, 0.3) is 0 Å². The molecule has 1 saturated heterocycles. The van der Waals surface area contributed by atoms with E-state index < -0.39 is 10.8 Å². The van der Waals surface area contributed by atoms with Crippen molar-refractivity contribution in [2.24, 2.45) is 0 Å². The number of rotatable bonds is 1. The van der Waals surface area contributed by atoms with Crippen LogP contribution in [0.3, 0.4) is 0 Å². The van der Waals surface area contributed by atoms with Crippen molar-refractivity contribution in [3.05, 3.63) is 0 Å². The first kappa shape index (κ1) is 6.23. The molecule has 0 amide bonds. The quantitative estimate of drug-likeness (QED) is 0.522. The molecule has 0 aromatic carbocycles. The molecule has 0 spiro atoms. The Labute approximate surface area is 51.7 Å². The van der Waals surface area contributed by atoms with Gasteiger partial charge >= 0.3 is 0 Å². The summed E-state index contributed by atoms with van der Waals surface area (Å²) in [5, 5.41) is 0. The van der Waals surface area contributed by atoms with Gasteiger partial charge < -0.3 is 4.74 Å². The first-order chi connectivity index (χ1) is 3.84. The van der Waals surface area contributed by atoms with E-state index >= 15 is 0 Å². The second-order valence-corrected chi connectivity index (χ2v) is 3.49. The Bertz CT molecular complexity index is 103. The Morgan fingerprint density at radius 2 is 2.62 bits per heavy atom. The molecule has 8 heavy (non-hydrogen) atoms. The van der Waals surface area contributed by atoms with E-state index in [-0.39, 0.29) is 5.44 Å². The van der Waals surface area contributed by atoms with Gasteiger partial charge in [-0.2, -0.15) is 0 Å². The third-order valence-corrected chi connectivity index (χ3v) is 2.84. The van der Waals surface area contributed by atoms with Gasteiger partial charge in [0.05, 0.1) is 17.4 Å². The highest BCUT2D eigenvalue weighted by Gasteiger charge is 2.20. The van der Waals surface area contributed by atoms with Gasteiger partial charge in [0.1, 0.15) is 5.44 Å². The van der Waals surface area contributed by atoms with Crippen LogP contribution in [0.4, 0.5) is 0 Å². The number of hydrogen-bond acceptors (Lipinski definition) is 2. The molecule has 0 aromatic rings. The number of hydrogen-bond donors (Lipinski definition) is 0. The predicted molar refractivity (Wildman–Crippen MR) is 33.0 cm³/mol. The number of ether oxygens (including phenoxy) is 1. The fraction of sp³-hybridized carbons (Fsp3) is 1.00. The molecule has 0 bridgehead atoms. The van der Waals surface area contributed by atoms with Crippen LogP contribution in [0.2, 0.25) is 0 Å². The monoisotopic (exact) mass is 134 g/mol. The zero-order valence-corrected chi connectivity index (χ0v) is 5.74. The molecule has 1 rings (SSSR count). The molecule has 48 valence electrons. The van der Waals surface area contributed by atoms with Crippen LogP contribution in [0.5, 0.6) is 0 Å². The summed E-state index contributed by atoms with van der Waals surface area (Å²) in [6.45, 7) is 2.68. The zero-order chi connectivity index (χ0) is 5.98. The standard InChI is InChI=1S/C5H10O2S/c1-2-5-7-3-4-8(5)6/h5H,2-4H2,1H3/t5-,8?/m0/s1. The largest absolute Gasteiger partial charge is 0.364 e. The molecule has 0 saturated carbocycles. The molecule has 0 N–H and O–H groups in total. The minimum absolute atomic E-state index is 0.0370. The van der Waals surface area contributed by atoms with E-state index in [1.165, 1.54) is 0 Å². The lowest BCUT2D eigenvalue weighted by molar-refractivity contribution is 0.139. The van der Waals surface area contributed by atoms with Crippen molar-refractivity contribution in [3.8, 4) is 0 Å². The van der Waals surface area contributed by atoms with Gasteiger partial charge in [-0.25, -0.2) is 0 Å². The van der Waals surface area contributed by atoms with E-state index in [0.29, 0.717) is 6.61 Å². The van der Waals surface area contributed by atoms with E-state index in [1.807, 2.05) is 6.92 Å². The van der Waals surface area contributed by atoms with Gasteiger partial charge in [-0.05, 0) is 6.42 Å². The van der Waals surface area contributed by atoms with Crippen molar-refractivity contribution in [1.29, 1.82) is 0 Å². The van der Waals surface area contributed by atoms with Gasteiger partial charge in [0.25, 0.3) is 0 Å². The Morgan fingerprint density at radius 1 is 1.88 bits per heavy atom. The van der Waals surface area contributed by atoms with Crippen molar-refractivity contribution in [2.45, 2.75) is 18.8 Å². The van der Waals surface area contributed by atoms with Gasteiger partial charge in [-0.3, -0.25) is 4.21 Å². The third-order valence-electron chi connectivity index (χ3n) is 1.21. The van der Waals surface area contributed by atoms with E-state index in [4.69, 9.17) is 4.74 Å². The Kier molecular flexibility index (Phi) is 2.02. The smallest absolute Gasteiger partial charge is 0.132 e. The first-order valence-electron chi connectivity index (χ1n) is 2.83. The highest BCUT2D eigenvalue weighted by Crippen LogP contribution is 2.10. The van der Waals surface area contributed by atoms with Crippen molar-refractivity contribution in [2.75, 3.05) is 12.4 Å². The molecule has 2 nitrogen and oxygen atoms in total. The SMILES string of the molecule is CC[C@H]1OCCS1=O. The molecular formula is C5H10O2S. The van der Waals surface area contributed by atoms with Crippen LogP contribution in [-0.2, 0) is 15.5 Å². The van der Waals surface area contributed by atoms with E-state index in [9.17, 15) is 4.21 Å². The maximum atomic E-state index is 10.8. The lowest BCUT2D eigenvalue weighted by Gasteiger charge is -2.00. The molecular weight excluding hydrogens is 124 g/mol. The van der Waals surface area contributed by atoms with E-state index in [1.54, 1.807) is 0 Å². The molecule has 0 radical (unpaired) electrons. The molecule has 1 aliphatic heterocycles. The molecule has 0 aromatic heterocycles. The summed E-state index contributed by atoms with van der Waals surface area (Å²) in [6, 6.07) is 0. The third kappa shape index (κ3) is 1.09. The summed E-state index contributed by atoms with van der Waals surface area (Å²) >= 11 is 0. The first-order valence-corrected chi connectivity index (χ1v) is 4.21. The summed E-state index contributed by atoms with van der Waals surface area (Å²) in [6.07, 6.45) is 0.882. The van der Waals surface area contributed by atoms with E-state index in [2.05, 4.69) is 0 Å². The fourth-order valence-corrected chi connectivity index (χ4v) is 1.92. The van der Waals surface area contributed by atoms with Crippen molar-refractivity contribution in [3.63, 3.8) is 0 Å². The highest BCUT2D eigenvalue weighted by molar-refractivity contribution is 7.85. The zero-order valence-electron chi connectivity index (χ0n) is 4.92. The van der Waals surface area contributed by atoms with Crippen molar-refractivity contribution >= 4 is 10.8 Å². The molecule has 0 aliphatic carbocycles. The Hall–Kier alpha value is 0.110. The fourth-order valence-electron chi connectivity index (χ4n) is 0.773. The summed E-state index contributed by atoms with van der Waals surface area (Å²) in [5.41, 5.74) is 0.0370. The molecule has 1 aliphatic rings. The van der Waals surface area contributed by atoms with Crippen LogP contribution >= 0.6 is 0 Å². The Balaban J connectivity index is 2.42. The summed E-state index contributed by atoms with van der Waals surface area (Å²) in [7, 11) is -0.683. The summed E-state index contributed by atoms with van der Waals surface area (Å²) in [5.74, 6) is 0.735. The average molecular weight is 134 g/mol. The summed E-state index contributed by atoms with van der Waals surface area (Å²) < 4.78 is 15.9. The van der Waals surface area contributed by atoms with E-state index in [0.717, 1.165) is 12.2 Å². The molecule has 1 unspecified atom stereocenters. The molecule has 3 heteroatoms. The molecule has 1 fully saturated rings. The maximum Gasteiger partial charge on any atom is 0.132 e. The highest BCUT2D eigenvalue weighted by atomic mass is 32.2. The van der Waals surface area contributed by atoms with Crippen LogP contribution in [0, 0.1) is 0 Å². The van der Waals surface area contributed by atoms with Crippen LogP contribution < -0.4 is 0 Å². The molecule has 2 atom stereocenters. The van der Waals surface area contributed by atoms with Gasteiger partial charge in [0, 0.05) is 5.75 Å². The average Bonchev–Trinajstić information content (AvgIpc) is 2.14. The molecule has 1 heterocycles. The van der Waals surface area contributed by atoms with Crippen LogP contribution in [0.15, 0.2) is 0 Å². The van der Waals surface area contributed by atoms with Crippen molar-refractivity contribution < 1.29 is 8.95 Å². The lowest BCUT2D eigenvalue weighted by atomic mass is 10.5.